The zero-order valence-electron chi connectivity index (χ0n) is 12.3. The number of likely N-dealkylation sites (tertiary alicyclic amines) is 2. The number of fused-ring (bicyclic) bond motifs is 1. The van der Waals surface area contributed by atoms with Crippen LogP contribution in [0.4, 0.5) is 0 Å². The molecule has 0 bridgehead atoms. The minimum absolute atomic E-state index is 0.0986. The van der Waals surface area contributed by atoms with Crippen LogP contribution < -0.4 is 5.32 Å². The predicted molar refractivity (Wildman–Crippen MR) is 76.0 cm³/mol. The lowest BCUT2D eigenvalue weighted by Crippen LogP contribution is -2.38. The van der Waals surface area contributed by atoms with Crippen molar-refractivity contribution in [3.63, 3.8) is 0 Å². The second-order valence-electron chi connectivity index (χ2n) is 6.41. The van der Waals surface area contributed by atoms with Gasteiger partial charge in [0, 0.05) is 32.6 Å². The Labute approximate surface area is 120 Å². The summed E-state index contributed by atoms with van der Waals surface area (Å²) < 4.78 is 0. The summed E-state index contributed by atoms with van der Waals surface area (Å²) in [5.74, 6) is 1.73. The summed E-state index contributed by atoms with van der Waals surface area (Å²) in [6.45, 7) is 7.29. The molecule has 3 aliphatic rings. The second kappa shape index (κ2) is 5.72. The summed E-state index contributed by atoms with van der Waals surface area (Å²) in [6, 6.07) is 0. The quantitative estimate of drug-likeness (QED) is 0.792. The third kappa shape index (κ3) is 2.55. The molecule has 3 atom stereocenters. The molecule has 0 saturated carbocycles. The van der Waals surface area contributed by atoms with Crippen molar-refractivity contribution in [1.29, 1.82) is 0 Å². The largest absolute Gasteiger partial charge is 0.342 e. The van der Waals surface area contributed by atoms with E-state index in [9.17, 15) is 9.59 Å². The predicted octanol–water partition coefficient (Wildman–Crippen LogP) is 0.313. The molecular formula is C15H25N3O2. The summed E-state index contributed by atoms with van der Waals surface area (Å²) in [5.41, 5.74) is 0. The minimum atomic E-state index is -0.0986. The van der Waals surface area contributed by atoms with Crippen LogP contribution in [0.1, 0.15) is 26.2 Å². The molecule has 2 amide bonds. The smallest absolute Gasteiger partial charge is 0.227 e. The fraction of sp³-hybridized carbons (Fsp3) is 0.867. The number of rotatable bonds is 2. The average molecular weight is 279 g/mol. The highest BCUT2D eigenvalue weighted by Crippen LogP contribution is 2.28. The zero-order chi connectivity index (χ0) is 14.1. The van der Waals surface area contributed by atoms with Gasteiger partial charge in [0.2, 0.25) is 11.8 Å². The van der Waals surface area contributed by atoms with Crippen molar-refractivity contribution in [3.8, 4) is 0 Å². The van der Waals surface area contributed by atoms with Gasteiger partial charge in [-0.3, -0.25) is 9.59 Å². The van der Waals surface area contributed by atoms with Crippen molar-refractivity contribution >= 4 is 11.8 Å². The molecule has 0 radical (unpaired) electrons. The Morgan fingerprint density at radius 2 is 1.90 bits per heavy atom. The number of nitrogens with zero attached hydrogens (tertiary/aromatic N) is 2. The Bertz CT molecular complexity index is 385. The Hall–Kier alpha value is -1.10. The third-order valence-corrected chi connectivity index (χ3v) is 5.28. The Balaban J connectivity index is 1.59. The molecular weight excluding hydrogens is 254 g/mol. The van der Waals surface area contributed by atoms with E-state index >= 15 is 0 Å². The molecule has 5 heteroatoms. The van der Waals surface area contributed by atoms with Gasteiger partial charge in [-0.15, -0.1) is 0 Å². The van der Waals surface area contributed by atoms with E-state index in [1.54, 1.807) is 4.90 Å². The first kappa shape index (κ1) is 13.9. The molecule has 1 N–H and O–H groups in total. The van der Waals surface area contributed by atoms with Gasteiger partial charge in [-0.25, -0.2) is 0 Å². The zero-order valence-corrected chi connectivity index (χ0v) is 12.3. The van der Waals surface area contributed by atoms with Crippen LogP contribution in [0.2, 0.25) is 0 Å². The fourth-order valence-corrected chi connectivity index (χ4v) is 3.94. The molecule has 0 aromatic heterocycles. The molecule has 20 heavy (non-hydrogen) atoms. The van der Waals surface area contributed by atoms with Crippen LogP contribution in [-0.4, -0.2) is 60.9 Å². The number of nitrogens with one attached hydrogen (secondary N) is 1. The Kier molecular flexibility index (Phi) is 3.96. The molecule has 112 valence electrons. The fourth-order valence-electron chi connectivity index (χ4n) is 3.94. The molecule has 3 fully saturated rings. The van der Waals surface area contributed by atoms with Gasteiger partial charge < -0.3 is 15.1 Å². The lowest BCUT2D eigenvalue weighted by atomic mass is 9.92. The molecule has 0 aromatic carbocycles. The molecule has 0 aromatic rings. The van der Waals surface area contributed by atoms with E-state index < -0.39 is 0 Å². The van der Waals surface area contributed by atoms with Crippen molar-refractivity contribution in [2.45, 2.75) is 26.2 Å². The van der Waals surface area contributed by atoms with Crippen LogP contribution in [0.5, 0.6) is 0 Å². The highest BCUT2D eigenvalue weighted by Gasteiger charge is 2.38. The maximum Gasteiger partial charge on any atom is 0.227 e. The van der Waals surface area contributed by atoms with Crippen LogP contribution in [0.15, 0.2) is 0 Å². The van der Waals surface area contributed by atoms with Crippen LogP contribution in [0.25, 0.3) is 0 Å². The van der Waals surface area contributed by atoms with E-state index in [1.807, 2.05) is 11.8 Å². The van der Waals surface area contributed by atoms with E-state index in [-0.39, 0.29) is 17.7 Å². The van der Waals surface area contributed by atoms with E-state index in [0.717, 1.165) is 57.4 Å². The average Bonchev–Trinajstić information content (AvgIpc) is 3.00. The van der Waals surface area contributed by atoms with Crippen LogP contribution in [0, 0.1) is 17.8 Å². The summed E-state index contributed by atoms with van der Waals surface area (Å²) in [5, 5.41) is 3.46. The maximum absolute atomic E-state index is 12.6. The third-order valence-electron chi connectivity index (χ3n) is 5.28. The normalized spacial score (nSPS) is 34.2. The van der Waals surface area contributed by atoms with Crippen molar-refractivity contribution in [1.82, 2.24) is 15.1 Å². The van der Waals surface area contributed by atoms with E-state index in [0.29, 0.717) is 13.0 Å². The van der Waals surface area contributed by atoms with E-state index in [1.165, 1.54) is 0 Å². The first-order chi connectivity index (χ1) is 9.69. The van der Waals surface area contributed by atoms with Gasteiger partial charge in [-0.1, -0.05) is 0 Å². The van der Waals surface area contributed by atoms with Gasteiger partial charge in [-0.2, -0.15) is 0 Å². The summed E-state index contributed by atoms with van der Waals surface area (Å²) >= 11 is 0. The van der Waals surface area contributed by atoms with Crippen LogP contribution in [0.3, 0.4) is 0 Å². The number of carbonyl (C=O) groups is 2. The standard InChI is InChI=1S/C15H25N3O2/c1-2-17-10-13(7-14(17)19)15(20)18-5-3-11-8-16-9-12(11)4-6-18/h11-13,16H,2-10H2,1H3/t11-,12+,13?. The molecule has 0 aliphatic carbocycles. The maximum atomic E-state index is 12.6. The molecule has 3 aliphatic heterocycles. The first-order valence-corrected chi connectivity index (χ1v) is 7.96. The van der Waals surface area contributed by atoms with Crippen molar-refractivity contribution in [2.75, 3.05) is 39.3 Å². The van der Waals surface area contributed by atoms with Crippen molar-refractivity contribution in [2.24, 2.45) is 17.8 Å². The van der Waals surface area contributed by atoms with Gasteiger partial charge >= 0.3 is 0 Å². The van der Waals surface area contributed by atoms with Gasteiger partial charge in [0.15, 0.2) is 0 Å². The topological polar surface area (TPSA) is 52.7 Å². The minimum Gasteiger partial charge on any atom is -0.342 e. The number of amides is 2. The summed E-state index contributed by atoms with van der Waals surface area (Å²) in [6.07, 6.45) is 2.64. The molecule has 3 saturated heterocycles. The second-order valence-corrected chi connectivity index (χ2v) is 6.41. The monoisotopic (exact) mass is 279 g/mol. The van der Waals surface area contributed by atoms with E-state index in [4.69, 9.17) is 0 Å². The van der Waals surface area contributed by atoms with Gasteiger partial charge in [0.1, 0.15) is 0 Å². The van der Waals surface area contributed by atoms with Gasteiger partial charge in [-0.05, 0) is 44.7 Å². The summed E-state index contributed by atoms with van der Waals surface area (Å²) in [7, 11) is 0. The highest BCUT2D eigenvalue weighted by molar-refractivity contribution is 5.89. The molecule has 1 unspecified atom stereocenters. The molecule has 5 nitrogen and oxygen atoms in total. The lowest BCUT2D eigenvalue weighted by Gasteiger charge is -2.24. The van der Waals surface area contributed by atoms with Crippen molar-refractivity contribution in [3.05, 3.63) is 0 Å². The molecule has 3 rings (SSSR count). The Morgan fingerprint density at radius 1 is 1.25 bits per heavy atom. The van der Waals surface area contributed by atoms with Crippen LogP contribution >= 0.6 is 0 Å². The number of hydrogen-bond donors (Lipinski definition) is 1. The SMILES string of the molecule is CCN1CC(C(=O)N2CC[C@@H]3CNC[C@@H]3CC2)CC1=O. The van der Waals surface area contributed by atoms with Gasteiger partial charge in [0.05, 0.1) is 5.92 Å². The Morgan fingerprint density at radius 3 is 2.45 bits per heavy atom. The lowest BCUT2D eigenvalue weighted by molar-refractivity contribution is -0.135. The highest BCUT2D eigenvalue weighted by atomic mass is 16.2. The first-order valence-electron chi connectivity index (χ1n) is 7.96. The van der Waals surface area contributed by atoms with Crippen molar-refractivity contribution < 1.29 is 9.59 Å². The molecule has 3 heterocycles. The van der Waals surface area contributed by atoms with Gasteiger partial charge in [0.25, 0.3) is 0 Å². The number of carbonyl (C=O) groups excluding carboxylic acids is 2. The summed E-state index contributed by atoms with van der Waals surface area (Å²) in [4.78, 5) is 28.2. The van der Waals surface area contributed by atoms with E-state index in [2.05, 4.69) is 5.32 Å². The molecule has 0 spiro atoms. The van der Waals surface area contributed by atoms with Crippen LogP contribution in [-0.2, 0) is 9.59 Å². The number of hydrogen-bond acceptors (Lipinski definition) is 3.